The quantitative estimate of drug-likeness (QED) is 0.782. The summed E-state index contributed by atoms with van der Waals surface area (Å²) >= 11 is 0. The van der Waals surface area contributed by atoms with Crippen LogP contribution in [0.2, 0.25) is 0 Å². The van der Waals surface area contributed by atoms with Crippen molar-refractivity contribution in [2.45, 2.75) is 27.7 Å². The lowest BCUT2D eigenvalue weighted by Crippen LogP contribution is -2.52. The van der Waals surface area contributed by atoms with Crippen molar-refractivity contribution in [3.05, 3.63) is 28.8 Å². The van der Waals surface area contributed by atoms with Crippen molar-refractivity contribution in [1.29, 1.82) is 0 Å². The maximum atomic E-state index is 12.7. The minimum atomic E-state index is -3.61. The molecule has 26 heavy (non-hydrogen) atoms. The van der Waals surface area contributed by atoms with Gasteiger partial charge in [0.2, 0.25) is 21.8 Å². The van der Waals surface area contributed by atoms with Crippen LogP contribution in [0.1, 0.15) is 23.6 Å². The molecule has 0 unspecified atom stereocenters. The number of hydrogen-bond donors (Lipinski definition) is 0. The number of hydrogen-bond acceptors (Lipinski definition) is 4. The topological polar surface area (TPSA) is 78.0 Å². The fourth-order valence-corrected chi connectivity index (χ4v) is 4.39. The summed E-state index contributed by atoms with van der Waals surface area (Å²) in [6.45, 7) is 8.71. The molecule has 1 fully saturated rings. The molecule has 2 amide bonds. The molecule has 1 heterocycles. The van der Waals surface area contributed by atoms with Gasteiger partial charge < -0.3 is 9.80 Å². The Labute approximate surface area is 155 Å². The van der Waals surface area contributed by atoms with Crippen LogP contribution in [0.15, 0.2) is 12.1 Å². The molecule has 1 saturated heterocycles. The predicted molar refractivity (Wildman–Crippen MR) is 102 cm³/mol. The molecule has 0 aromatic heterocycles. The standard InChI is InChI=1S/C18H27N3O4S/c1-13-10-14(2)18(15(3)11-13)21(26(5,24)25)12-17(23)20-8-6-19(7-9-20)16(4)22/h10-11H,6-9,12H2,1-5H3. The molecule has 1 aliphatic heterocycles. The van der Waals surface area contributed by atoms with Crippen molar-refractivity contribution in [1.82, 2.24) is 9.80 Å². The Hall–Kier alpha value is -2.09. The number of aryl methyl sites for hydroxylation is 3. The van der Waals surface area contributed by atoms with Crippen molar-refractivity contribution in [2.75, 3.05) is 43.3 Å². The Balaban J connectivity index is 2.23. The van der Waals surface area contributed by atoms with E-state index in [0.717, 1.165) is 22.9 Å². The molecule has 0 N–H and O–H groups in total. The van der Waals surface area contributed by atoms with Gasteiger partial charge in [-0.2, -0.15) is 0 Å². The highest BCUT2D eigenvalue weighted by atomic mass is 32.2. The van der Waals surface area contributed by atoms with Gasteiger partial charge in [0.1, 0.15) is 6.54 Å². The summed E-state index contributed by atoms with van der Waals surface area (Å²) < 4.78 is 26.0. The maximum absolute atomic E-state index is 12.7. The normalized spacial score (nSPS) is 15.1. The average molecular weight is 381 g/mol. The summed E-state index contributed by atoms with van der Waals surface area (Å²) in [5.41, 5.74) is 3.25. The van der Waals surface area contributed by atoms with E-state index in [1.54, 1.807) is 9.80 Å². The summed E-state index contributed by atoms with van der Waals surface area (Å²) in [6, 6.07) is 3.83. The van der Waals surface area contributed by atoms with Gasteiger partial charge in [0.05, 0.1) is 11.9 Å². The van der Waals surface area contributed by atoms with Gasteiger partial charge in [0.15, 0.2) is 0 Å². The van der Waals surface area contributed by atoms with Crippen molar-refractivity contribution < 1.29 is 18.0 Å². The molecule has 0 spiro atoms. The van der Waals surface area contributed by atoms with Crippen LogP contribution in [0.25, 0.3) is 0 Å². The number of anilines is 1. The second-order valence-corrected chi connectivity index (χ2v) is 8.81. The van der Waals surface area contributed by atoms with Crippen LogP contribution in [0.4, 0.5) is 5.69 Å². The van der Waals surface area contributed by atoms with Crippen LogP contribution in [-0.2, 0) is 19.6 Å². The third-order valence-electron chi connectivity index (χ3n) is 4.64. The van der Waals surface area contributed by atoms with Crippen LogP contribution in [0.3, 0.4) is 0 Å². The molecule has 1 aromatic carbocycles. The lowest BCUT2D eigenvalue weighted by molar-refractivity contribution is -0.137. The average Bonchev–Trinajstić information content (AvgIpc) is 2.52. The van der Waals surface area contributed by atoms with E-state index in [2.05, 4.69) is 0 Å². The number of carbonyl (C=O) groups is 2. The minimum absolute atomic E-state index is 0.0132. The summed E-state index contributed by atoms with van der Waals surface area (Å²) in [4.78, 5) is 27.4. The number of sulfonamides is 1. The Kier molecular flexibility index (Phi) is 5.95. The van der Waals surface area contributed by atoms with Crippen LogP contribution in [0.5, 0.6) is 0 Å². The lowest BCUT2D eigenvalue weighted by Gasteiger charge is -2.35. The Bertz CT molecular complexity index is 789. The molecule has 0 aliphatic carbocycles. The van der Waals surface area contributed by atoms with E-state index >= 15 is 0 Å². The fourth-order valence-electron chi connectivity index (χ4n) is 3.42. The minimum Gasteiger partial charge on any atom is -0.339 e. The molecule has 0 radical (unpaired) electrons. The summed E-state index contributed by atoms with van der Waals surface area (Å²) in [5.74, 6) is -0.265. The first-order valence-electron chi connectivity index (χ1n) is 8.59. The zero-order chi connectivity index (χ0) is 19.6. The largest absolute Gasteiger partial charge is 0.339 e. The zero-order valence-corrected chi connectivity index (χ0v) is 16.9. The number of piperazine rings is 1. The van der Waals surface area contributed by atoms with Gasteiger partial charge in [-0.3, -0.25) is 13.9 Å². The summed E-state index contributed by atoms with van der Waals surface area (Å²) in [6.07, 6.45) is 1.12. The first-order chi connectivity index (χ1) is 12.0. The van der Waals surface area contributed by atoms with Gasteiger partial charge in [-0.25, -0.2) is 8.42 Å². The number of benzene rings is 1. The number of amides is 2. The van der Waals surface area contributed by atoms with Gasteiger partial charge in [0.25, 0.3) is 0 Å². The van der Waals surface area contributed by atoms with E-state index in [-0.39, 0.29) is 18.4 Å². The molecular weight excluding hydrogens is 354 g/mol. The van der Waals surface area contributed by atoms with Crippen LogP contribution < -0.4 is 4.31 Å². The number of carbonyl (C=O) groups excluding carboxylic acids is 2. The second kappa shape index (κ2) is 7.65. The van der Waals surface area contributed by atoms with E-state index in [9.17, 15) is 18.0 Å². The van der Waals surface area contributed by atoms with Crippen molar-refractivity contribution >= 4 is 27.5 Å². The van der Waals surface area contributed by atoms with Crippen LogP contribution in [0, 0.1) is 20.8 Å². The summed E-state index contributed by atoms with van der Waals surface area (Å²) in [5, 5.41) is 0. The highest BCUT2D eigenvalue weighted by Gasteiger charge is 2.28. The molecule has 144 valence electrons. The van der Waals surface area contributed by atoms with E-state index in [1.807, 2.05) is 32.9 Å². The van der Waals surface area contributed by atoms with Gasteiger partial charge in [-0.1, -0.05) is 17.7 Å². The predicted octanol–water partition coefficient (Wildman–Crippen LogP) is 1.07. The highest BCUT2D eigenvalue weighted by Crippen LogP contribution is 2.28. The van der Waals surface area contributed by atoms with Crippen molar-refractivity contribution in [3.8, 4) is 0 Å². The first-order valence-corrected chi connectivity index (χ1v) is 10.4. The third kappa shape index (κ3) is 4.55. The second-order valence-electron chi connectivity index (χ2n) is 6.90. The van der Waals surface area contributed by atoms with Gasteiger partial charge in [-0.15, -0.1) is 0 Å². The van der Waals surface area contributed by atoms with Crippen LogP contribution >= 0.6 is 0 Å². The Morgan fingerprint density at radius 2 is 1.46 bits per heavy atom. The molecule has 0 atom stereocenters. The number of nitrogens with zero attached hydrogens (tertiary/aromatic N) is 3. The van der Waals surface area contributed by atoms with Crippen molar-refractivity contribution in [2.24, 2.45) is 0 Å². The first kappa shape index (κ1) is 20.2. The van der Waals surface area contributed by atoms with E-state index in [4.69, 9.17) is 0 Å². The van der Waals surface area contributed by atoms with E-state index in [1.165, 1.54) is 11.2 Å². The molecule has 0 saturated carbocycles. The van der Waals surface area contributed by atoms with Gasteiger partial charge >= 0.3 is 0 Å². The zero-order valence-electron chi connectivity index (χ0n) is 16.1. The van der Waals surface area contributed by atoms with E-state index < -0.39 is 10.0 Å². The number of rotatable bonds is 4. The molecule has 8 heteroatoms. The van der Waals surface area contributed by atoms with E-state index in [0.29, 0.717) is 31.9 Å². The SMILES string of the molecule is CC(=O)N1CCN(C(=O)CN(c2c(C)cc(C)cc2C)S(C)(=O)=O)CC1. The lowest BCUT2D eigenvalue weighted by atomic mass is 10.1. The maximum Gasteiger partial charge on any atom is 0.243 e. The van der Waals surface area contributed by atoms with Gasteiger partial charge in [-0.05, 0) is 31.9 Å². The fraction of sp³-hybridized carbons (Fsp3) is 0.556. The van der Waals surface area contributed by atoms with Crippen molar-refractivity contribution in [3.63, 3.8) is 0 Å². The molecule has 2 rings (SSSR count). The monoisotopic (exact) mass is 381 g/mol. The third-order valence-corrected chi connectivity index (χ3v) is 5.75. The van der Waals surface area contributed by atoms with Gasteiger partial charge in [0, 0.05) is 33.1 Å². The molecule has 1 aliphatic rings. The Morgan fingerprint density at radius 3 is 1.88 bits per heavy atom. The van der Waals surface area contributed by atoms with Crippen LogP contribution in [-0.4, -0.2) is 69.0 Å². The summed E-state index contributed by atoms with van der Waals surface area (Å²) in [7, 11) is -3.61. The smallest absolute Gasteiger partial charge is 0.243 e. The molecule has 1 aromatic rings. The molecular formula is C18H27N3O4S. The molecule has 7 nitrogen and oxygen atoms in total. The molecule has 0 bridgehead atoms. The Morgan fingerprint density at radius 1 is 1.00 bits per heavy atom. The highest BCUT2D eigenvalue weighted by molar-refractivity contribution is 7.92.